The average molecular weight is 134 g/mol. The molecule has 0 radical (unpaired) electrons. The van der Waals surface area contributed by atoms with Gasteiger partial charge in [-0.2, -0.15) is 4.99 Å². The van der Waals surface area contributed by atoms with Gasteiger partial charge in [0, 0.05) is 6.08 Å². The van der Waals surface area contributed by atoms with Gasteiger partial charge in [0.1, 0.15) is 0 Å². The topological polar surface area (TPSA) is 31.0 Å². The van der Waals surface area contributed by atoms with Crippen molar-refractivity contribution in [3.8, 4) is 0 Å². The summed E-state index contributed by atoms with van der Waals surface area (Å²) >= 11 is 0. The standard InChI is InChI=1S/C8H7NO/c10-8-5-6-3-1-2-4-7(6)9-8/h1-4,6H,5H2/p+1. The van der Waals surface area contributed by atoms with Crippen LogP contribution in [0.1, 0.15) is 6.42 Å². The number of nitrogens with one attached hydrogen (secondary N) is 1. The molecule has 2 aliphatic rings. The van der Waals surface area contributed by atoms with Crippen molar-refractivity contribution in [3.63, 3.8) is 0 Å². The van der Waals surface area contributed by atoms with Crippen molar-refractivity contribution in [2.75, 3.05) is 0 Å². The van der Waals surface area contributed by atoms with Gasteiger partial charge in [-0.1, -0.05) is 18.2 Å². The van der Waals surface area contributed by atoms with Crippen LogP contribution in [0.4, 0.5) is 0 Å². The summed E-state index contributed by atoms with van der Waals surface area (Å²) < 4.78 is 0. The van der Waals surface area contributed by atoms with E-state index < -0.39 is 0 Å². The summed E-state index contributed by atoms with van der Waals surface area (Å²) in [6.07, 6.45) is 8.55. The summed E-state index contributed by atoms with van der Waals surface area (Å²) in [6.45, 7) is 0. The highest BCUT2D eigenvalue weighted by Crippen LogP contribution is 2.12. The number of hydrogen-bond donors (Lipinski definition) is 1. The molecule has 50 valence electrons. The Kier molecular flexibility index (Phi) is 1.07. The van der Waals surface area contributed by atoms with Crippen LogP contribution in [-0.4, -0.2) is 11.6 Å². The second kappa shape index (κ2) is 1.90. The molecule has 0 aromatic carbocycles. The van der Waals surface area contributed by atoms with Crippen LogP contribution in [0.3, 0.4) is 0 Å². The predicted octanol–water partition coefficient (Wildman–Crippen LogP) is -0.820. The van der Waals surface area contributed by atoms with Crippen LogP contribution in [-0.2, 0) is 4.79 Å². The van der Waals surface area contributed by atoms with Crippen LogP contribution in [0.25, 0.3) is 0 Å². The second-order valence-electron chi connectivity index (χ2n) is 2.56. The Labute approximate surface area is 59.0 Å². The van der Waals surface area contributed by atoms with E-state index in [0.29, 0.717) is 12.3 Å². The lowest BCUT2D eigenvalue weighted by Gasteiger charge is -1.98. The lowest BCUT2D eigenvalue weighted by molar-refractivity contribution is -0.370. The minimum atomic E-state index is 0.135. The molecule has 1 aliphatic carbocycles. The maximum absolute atomic E-state index is 10.8. The Bertz CT molecular complexity index is 260. The molecule has 0 bridgehead atoms. The average Bonchev–Trinajstić information content (AvgIpc) is 2.27. The fraction of sp³-hybridized carbons (Fsp3) is 0.250. The van der Waals surface area contributed by atoms with Gasteiger partial charge in [-0.3, -0.25) is 0 Å². The molecule has 2 nitrogen and oxygen atoms in total. The molecule has 1 unspecified atom stereocenters. The van der Waals surface area contributed by atoms with E-state index in [-0.39, 0.29) is 5.91 Å². The fourth-order valence-electron chi connectivity index (χ4n) is 1.31. The Hall–Kier alpha value is -1.18. The van der Waals surface area contributed by atoms with E-state index >= 15 is 0 Å². The van der Waals surface area contributed by atoms with Crippen molar-refractivity contribution in [1.29, 1.82) is 0 Å². The fourth-order valence-corrected chi connectivity index (χ4v) is 1.31. The van der Waals surface area contributed by atoms with E-state index in [1.54, 1.807) is 0 Å². The molecule has 0 spiro atoms. The van der Waals surface area contributed by atoms with Gasteiger partial charge in [-0.25, -0.2) is 4.79 Å². The van der Waals surface area contributed by atoms with Crippen LogP contribution in [0.15, 0.2) is 24.3 Å². The van der Waals surface area contributed by atoms with Crippen molar-refractivity contribution in [2.24, 2.45) is 5.92 Å². The van der Waals surface area contributed by atoms with Gasteiger partial charge in [0.05, 0.1) is 12.3 Å². The van der Waals surface area contributed by atoms with E-state index in [2.05, 4.69) is 4.99 Å². The zero-order valence-corrected chi connectivity index (χ0v) is 5.50. The first-order valence-electron chi connectivity index (χ1n) is 3.38. The number of rotatable bonds is 0. The lowest BCUT2D eigenvalue weighted by atomic mass is 9.98. The van der Waals surface area contributed by atoms with Crippen molar-refractivity contribution in [3.05, 3.63) is 24.3 Å². The lowest BCUT2D eigenvalue weighted by Crippen LogP contribution is -2.73. The molecule has 2 rings (SSSR count). The van der Waals surface area contributed by atoms with Crippen LogP contribution in [0.2, 0.25) is 0 Å². The summed E-state index contributed by atoms with van der Waals surface area (Å²) in [5.74, 6) is 0.466. The molecule has 1 atom stereocenters. The van der Waals surface area contributed by atoms with Gasteiger partial charge in [0.2, 0.25) is 0 Å². The first-order chi connectivity index (χ1) is 4.86. The first kappa shape index (κ1) is 5.59. The number of fused-ring (bicyclic) bond motifs is 1. The number of amides is 1. The largest absolute Gasteiger partial charge is 0.386 e. The van der Waals surface area contributed by atoms with Gasteiger partial charge in [-0.15, -0.1) is 0 Å². The Morgan fingerprint density at radius 3 is 3.20 bits per heavy atom. The molecule has 0 aromatic heterocycles. The van der Waals surface area contributed by atoms with E-state index in [0.717, 1.165) is 5.71 Å². The summed E-state index contributed by atoms with van der Waals surface area (Å²) in [5.41, 5.74) is 1.05. The molecule has 10 heavy (non-hydrogen) atoms. The Morgan fingerprint density at radius 2 is 2.40 bits per heavy atom. The number of carbonyl (C=O) groups excluding carboxylic acids is 1. The summed E-state index contributed by atoms with van der Waals surface area (Å²) in [4.78, 5) is 13.6. The number of hydrogen-bond acceptors (Lipinski definition) is 1. The third kappa shape index (κ3) is 0.727. The van der Waals surface area contributed by atoms with Gasteiger partial charge < -0.3 is 0 Å². The quantitative estimate of drug-likeness (QED) is 0.461. The third-order valence-corrected chi connectivity index (χ3v) is 1.82. The summed E-state index contributed by atoms with van der Waals surface area (Å²) in [6, 6.07) is 0. The molecular formula is C8H8NO+. The van der Waals surface area contributed by atoms with E-state index in [1.165, 1.54) is 0 Å². The molecule has 2 heteroatoms. The van der Waals surface area contributed by atoms with Crippen LogP contribution in [0, 0.1) is 5.92 Å². The molecule has 1 aliphatic heterocycles. The third-order valence-electron chi connectivity index (χ3n) is 1.82. The van der Waals surface area contributed by atoms with E-state index in [9.17, 15) is 4.79 Å². The normalized spacial score (nSPS) is 28.6. The van der Waals surface area contributed by atoms with Crippen molar-refractivity contribution < 1.29 is 9.79 Å². The Morgan fingerprint density at radius 1 is 1.50 bits per heavy atom. The minimum Gasteiger partial charge on any atom is -0.220 e. The zero-order chi connectivity index (χ0) is 6.97. The molecule has 0 saturated heterocycles. The van der Waals surface area contributed by atoms with Crippen LogP contribution < -0.4 is 4.99 Å². The molecule has 0 aromatic rings. The SMILES string of the molecule is O=C1CC2C=CC=CC2=[NH+]1. The summed E-state index contributed by atoms with van der Waals surface area (Å²) in [5, 5.41) is 0. The number of carbonyl (C=O) groups is 1. The smallest absolute Gasteiger partial charge is 0.220 e. The van der Waals surface area contributed by atoms with Gasteiger partial charge in [0.15, 0.2) is 5.71 Å². The van der Waals surface area contributed by atoms with Crippen molar-refractivity contribution >= 4 is 11.6 Å². The van der Waals surface area contributed by atoms with Crippen molar-refractivity contribution in [1.82, 2.24) is 0 Å². The first-order valence-corrected chi connectivity index (χ1v) is 3.38. The van der Waals surface area contributed by atoms with Gasteiger partial charge in [0.25, 0.3) is 0 Å². The molecule has 1 N–H and O–H groups in total. The number of allylic oxidation sites excluding steroid dienone is 4. The maximum Gasteiger partial charge on any atom is 0.386 e. The molecule has 1 amide bonds. The summed E-state index contributed by atoms with van der Waals surface area (Å²) in [7, 11) is 0. The molecule has 0 saturated carbocycles. The molecular weight excluding hydrogens is 126 g/mol. The maximum atomic E-state index is 10.8. The second-order valence-corrected chi connectivity index (χ2v) is 2.56. The Balaban J connectivity index is 2.37. The molecule has 0 fully saturated rings. The monoisotopic (exact) mass is 134 g/mol. The van der Waals surface area contributed by atoms with Crippen LogP contribution in [0.5, 0.6) is 0 Å². The highest BCUT2D eigenvalue weighted by molar-refractivity contribution is 6.01. The minimum absolute atomic E-state index is 0.135. The van der Waals surface area contributed by atoms with Gasteiger partial charge in [-0.05, 0) is 0 Å². The van der Waals surface area contributed by atoms with Gasteiger partial charge >= 0.3 is 5.91 Å². The highest BCUT2D eigenvalue weighted by atomic mass is 16.1. The molecule has 1 heterocycles. The van der Waals surface area contributed by atoms with E-state index in [1.807, 2.05) is 24.3 Å². The highest BCUT2D eigenvalue weighted by Gasteiger charge is 2.30. The van der Waals surface area contributed by atoms with E-state index in [4.69, 9.17) is 0 Å². The van der Waals surface area contributed by atoms with Crippen LogP contribution >= 0.6 is 0 Å². The van der Waals surface area contributed by atoms with Crippen molar-refractivity contribution in [2.45, 2.75) is 6.42 Å². The zero-order valence-electron chi connectivity index (χ0n) is 5.50. The predicted molar refractivity (Wildman–Crippen MR) is 37.4 cm³/mol.